The van der Waals surface area contributed by atoms with Crippen LogP contribution < -0.4 is 5.32 Å². The molecule has 5 heteroatoms. The number of hydrogen-bond acceptors (Lipinski definition) is 3. The lowest BCUT2D eigenvalue weighted by Gasteiger charge is -2.16. The third kappa shape index (κ3) is 4.35. The molecule has 0 atom stereocenters. The molecule has 0 saturated heterocycles. The Labute approximate surface area is 120 Å². The van der Waals surface area contributed by atoms with Crippen LogP contribution in [-0.4, -0.2) is 22.7 Å². The number of alkyl halides is 1. The molecular weight excluding hydrogens is 310 g/mol. The van der Waals surface area contributed by atoms with Crippen molar-refractivity contribution in [3.63, 3.8) is 0 Å². The van der Waals surface area contributed by atoms with Crippen molar-refractivity contribution in [3.8, 4) is 0 Å². The molecule has 1 saturated carbocycles. The molecule has 1 aliphatic rings. The van der Waals surface area contributed by atoms with E-state index in [1.54, 1.807) is 0 Å². The molecule has 2 rings (SSSR count). The second-order valence-electron chi connectivity index (χ2n) is 4.82. The predicted molar refractivity (Wildman–Crippen MR) is 75.1 cm³/mol. The Morgan fingerprint density at radius 2 is 1.95 bits per heavy atom. The second-order valence-corrected chi connectivity index (χ2v) is 5.38. The van der Waals surface area contributed by atoms with Crippen molar-refractivity contribution in [1.82, 2.24) is 5.32 Å². The summed E-state index contributed by atoms with van der Waals surface area (Å²) in [5.74, 6) is 0.0980. The van der Waals surface area contributed by atoms with Crippen LogP contribution in [-0.2, 0) is 16.1 Å². The first-order valence-electron chi connectivity index (χ1n) is 6.20. The van der Waals surface area contributed by atoms with Gasteiger partial charge in [0.1, 0.15) is 12.4 Å². The van der Waals surface area contributed by atoms with Crippen molar-refractivity contribution < 1.29 is 14.3 Å². The molecule has 102 valence electrons. The number of halogens is 1. The number of benzene rings is 1. The second kappa shape index (κ2) is 6.19. The molecule has 1 amide bonds. The Kier molecular flexibility index (Phi) is 4.58. The molecular formula is C14H16BrNO3. The summed E-state index contributed by atoms with van der Waals surface area (Å²) < 4.78 is 5.15. The first kappa shape index (κ1) is 14.1. The Morgan fingerprint density at radius 3 is 2.53 bits per heavy atom. The maximum atomic E-state index is 11.7. The Bertz CT molecular complexity index is 457. The predicted octanol–water partition coefficient (Wildman–Crippen LogP) is 2.80. The summed E-state index contributed by atoms with van der Waals surface area (Å²) in [5.41, 5.74) is 0.581. The van der Waals surface area contributed by atoms with E-state index in [1.165, 1.54) is 0 Å². The Balaban J connectivity index is 1.77. The molecule has 1 aromatic rings. The van der Waals surface area contributed by atoms with Crippen molar-refractivity contribution in [2.75, 3.05) is 5.33 Å². The summed E-state index contributed by atoms with van der Waals surface area (Å²) >= 11 is 3.13. The van der Waals surface area contributed by atoms with Gasteiger partial charge >= 0.3 is 6.09 Å². The van der Waals surface area contributed by atoms with Gasteiger partial charge in [0.05, 0.1) is 10.9 Å². The third-order valence-electron chi connectivity index (χ3n) is 3.12. The molecule has 0 spiro atoms. The zero-order chi connectivity index (χ0) is 13.7. The minimum Gasteiger partial charge on any atom is -0.445 e. The molecule has 1 aliphatic carbocycles. The molecule has 1 N–H and O–H groups in total. The highest BCUT2D eigenvalue weighted by Crippen LogP contribution is 2.39. The van der Waals surface area contributed by atoms with E-state index in [4.69, 9.17) is 4.74 Å². The number of carbonyl (C=O) groups excluding carboxylic acids is 2. The summed E-state index contributed by atoms with van der Waals surface area (Å²) in [6, 6.07) is 9.50. The van der Waals surface area contributed by atoms with Gasteiger partial charge in [0.25, 0.3) is 0 Å². The number of Topliss-reactive ketones (excluding diaryl/α,β-unsaturated/α-hetero) is 1. The largest absolute Gasteiger partial charge is 0.445 e. The number of nitrogens with one attached hydrogen (secondary N) is 1. The van der Waals surface area contributed by atoms with Gasteiger partial charge in [-0.1, -0.05) is 46.3 Å². The smallest absolute Gasteiger partial charge is 0.407 e. The number of amides is 1. The standard InChI is InChI=1S/C14H16BrNO3/c15-9-12(17)8-14(6-7-14)16-13(18)19-10-11-4-2-1-3-5-11/h1-5H,6-10H2,(H,16,18). The summed E-state index contributed by atoms with van der Waals surface area (Å²) in [4.78, 5) is 23.1. The van der Waals surface area contributed by atoms with Gasteiger partial charge in [0.2, 0.25) is 0 Å². The van der Waals surface area contributed by atoms with E-state index in [0.717, 1.165) is 18.4 Å². The number of alkyl carbamates (subject to hydrolysis) is 1. The van der Waals surface area contributed by atoms with Gasteiger partial charge in [0, 0.05) is 6.42 Å². The van der Waals surface area contributed by atoms with E-state index in [2.05, 4.69) is 21.2 Å². The summed E-state index contributed by atoms with van der Waals surface area (Å²) in [5, 5.41) is 3.13. The van der Waals surface area contributed by atoms with Crippen molar-refractivity contribution in [2.24, 2.45) is 0 Å². The van der Waals surface area contributed by atoms with Gasteiger partial charge in [-0.2, -0.15) is 0 Å². The molecule has 0 unspecified atom stereocenters. The first-order chi connectivity index (χ1) is 9.13. The van der Waals surface area contributed by atoms with Crippen molar-refractivity contribution in [1.29, 1.82) is 0 Å². The highest BCUT2D eigenvalue weighted by molar-refractivity contribution is 9.09. The van der Waals surface area contributed by atoms with E-state index in [9.17, 15) is 9.59 Å². The highest BCUT2D eigenvalue weighted by Gasteiger charge is 2.45. The molecule has 1 aromatic carbocycles. The SMILES string of the molecule is O=C(CBr)CC1(NC(=O)OCc2ccccc2)CC1. The summed E-state index contributed by atoms with van der Waals surface area (Å²) in [7, 11) is 0. The maximum absolute atomic E-state index is 11.7. The van der Waals surface area contributed by atoms with Gasteiger partial charge in [-0.3, -0.25) is 4.79 Å². The molecule has 0 radical (unpaired) electrons. The molecule has 0 aromatic heterocycles. The summed E-state index contributed by atoms with van der Waals surface area (Å²) in [6.45, 7) is 0.245. The van der Waals surface area contributed by atoms with Crippen LogP contribution in [0.3, 0.4) is 0 Å². The lowest BCUT2D eigenvalue weighted by molar-refractivity contribution is -0.117. The lowest BCUT2D eigenvalue weighted by Crippen LogP contribution is -2.39. The van der Waals surface area contributed by atoms with Crippen molar-refractivity contribution in [3.05, 3.63) is 35.9 Å². The van der Waals surface area contributed by atoms with Crippen LogP contribution >= 0.6 is 15.9 Å². The van der Waals surface area contributed by atoms with Crippen LogP contribution in [0.2, 0.25) is 0 Å². The molecule has 0 aliphatic heterocycles. The number of carbonyl (C=O) groups is 2. The first-order valence-corrected chi connectivity index (χ1v) is 7.32. The topological polar surface area (TPSA) is 55.4 Å². The van der Waals surface area contributed by atoms with Gasteiger partial charge in [-0.05, 0) is 18.4 Å². The van der Waals surface area contributed by atoms with Crippen LogP contribution in [0, 0.1) is 0 Å². The van der Waals surface area contributed by atoms with Crippen LogP contribution in [0.1, 0.15) is 24.8 Å². The summed E-state index contributed by atoms with van der Waals surface area (Å²) in [6.07, 6.45) is 1.60. The average molecular weight is 326 g/mol. The number of ketones is 1. The fourth-order valence-corrected chi connectivity index (χ4v) is 2.10. The number of ether oxygens (including phenoxy) is 1. The number of rotatable bonds is 6. The minimum absolute atomic E-state index is 0.0980. The van der Waals surface area contributed by atoms with E-state index in [1.807, 2.05) is 30.3 Å². The molecule has 4 nitrogen and oxygen atoms in total. The molecule has 1 fully saturated rings. The van der Waals surface area contributed by atoms with Gasteiger partial charge in [0.15, 0.2) is 0 Å². The minimum atomic E-state index is -0.455. The quantitative estimate of drug-likeness (QED) is 0.818. The fourth-order valence-electron chi connectivity index (χ4n) is 1.90. The van der Waals surface area contributed by atoms with E-state index in [0.29, 0.717) is 11.8 Å². The zero-order valence-electron chi connectivity index (χ0n) is 10.5. The van der Waals surface area contributed by atoms with Gasteiger partial charge in [-0.25, -0.2) is 4.79 Å². The van der Waals surface area contributed by atoms with E-state index >= 15 is 0 Å². The van der Waals surface area contributed by atoms with Crippen molar-refractivity contribution in [2.45, 2.75) is 31.4 Å². The normalized spacial score (nSPS) is 15.6. The van der Waals surface area contributed by atoms with Gasteiger partial charge in [-0.15, -0.1) is 0 Å². The third-order valence-corrected chi connectivity index (χ3v) is 3.74. The average Bonchev–Trinajstić information content (AvgIpc) is 3.16. The Hall–Kier alpha value is -1.36. The lowest BCUT2D eigenvalue weighted by atomic mass is 10.1. The van der Waals surface area contributed by atoms with Gasteiger partial charge < -0.3 is 10.1 Å². The molecule has 19 heavy (non-hydrogen) atoms. The van der Waals surface area contributed by atoms with Crippen LogP contribution in [0.15, 0.2) is 30.3 Å². The Morgan fingerprint density at radius 1 is 1.26 bits per heavy atom. The fraction of sp³-hybridized carbons (Fsp3) is 0.429. The maximum Gasteiger partial charge on any atom is 0.407 e. The van der Waals surface area contributed by atoms with Crippen molar-refractivity contribution >= 4 is 27.8 Å². The molecule has 0 bridgehead atoms. The van der Waals surface area contributed by atoms with Crippen LogP contribution in [0.25, 0.3) is 0 Å². The van der Waals surface area contributed by atoms with Crippen LogP contribution in [0.4, 0.5) is 4.79 Å². The number of hydrogen-bond donors (Lipinski definition) is 1. The molecule has 0 heterocycles. The van der Waals surface area contributed by atoms with Crippen LogP contribution in [0.5, 0.6) is 0 Å². The van der Waals surface area contributed by atoms with E-state index < -0.39 is 6.09 Å². The van der Waals surface area contributed by atoms with E-state index in [-0.39, 0.29) is 17.9 Å². The monoisotopic (exact) mass is 325 g/mol. The highest BCUT2D eigenvalue weighted by atomic mass is 79.9. The zero-order valence-corrected chi connectivity index (χ0v) is 12.1.